The molecule has 2 heterocycles. The minimum atomic E-state index is -1.03. The van der Waals surface area contributed by atoms with Gasteiger partial charge in [0.1, 0.15) is 5.01 Å². The van der Waals surface area contributed by atoms with Crippen molar-refractivity contribution in [3.63, 3.8) is 0 Å². The lowest BCUT2D eigenvalue weighted by atomic mass is 10.1. The Kier molecular flexibility index (Phi) is 6.02. The molecule has 9 heteroatoms. The molecule has 0 radical (unpaired) electrons. The first-order valence-corrected chi connectivity index (χ1v) is 10.1. The summed E-state index contributed by atoms with van der Waals surface area (Å²) in [5.74, 6) is -1.21. The Morgan fingerprint density at radius 1 is 1.30 bits per heavy atom. The highest BCUT2D eigenvalue weighted by molar-refractivity contribution is 8.18. The number of nitrogens with zero attached hydrogens (tertiary/aromatic N) is 4. The molecule has 27 heavy (non-hydrogen) atoms. The van der Waals surface area contributed by atoms with E-state index in [0.717, 1.165) is 17.8 Å². The second kappa shape index (κ2) is 8.45. The SMILES string of the molecule is CCCN1C(=O)/C(=C\c2ccccc2C(=O)O)S/C1=N/c1nnc(CC)s1. The lowest BCUT2D eigenvalue weighted by molar-refractivity contribution is -0.122. The van der Waals surface area contributed by atoms with E-state index in [0.29, 0.717) is 27.3 Å². The van der Waals surface area contributed by atoms with Crippen LogP contribution in [0.15, 0.2) is 34.2 Å². The van der Waals surface area contributed by atoms with Crippen LogP contribution < -0.4 is 0 Å². The first-order chi connectivity index (χ1) is 13.0. The molecule has 0 atom stereocenters. The van der Waals surface area contributed by atoms with Gasteiger partial charge >= 0.3 is 5.97 Å². The monoisotopic (exact) mass is 402 g/mol. The summed E-state index contributed by atoms with van der Waals surface area (Å²) in [6, 6.07) is 6.61. The third kappa shape index (κ3) is 4.25. The van der Waals surface area contributed by atoms with Gasteiger partial charge in [-0.3, -0.25) is 9.69 Å². The van der Waals surface area contributed by atoms with Gasteiger partial charge in [0, 0.05) is 6.54 Å². The summed E-state index contributed by atoms with van der Waals surface area (Å²) in [6.07, 6.45) is 3.17. The number of carboxylic acid groups (broad SMARTS) is 1. The first kappa shape index (κ1) is 19.2. The summed E-state index contributed by atoms with van der Waals surface area (Å²) in [7, 11) is 0. The number of carbonyl (C=O) groups excluding carboxylic acids is 1. The largest absolute Gasteiger partial charge is 0.478 e. The summed E-state index contributed by atoms with van der Waals surface area (Å²) < 4.78 is 0. The maximum Gasteiger partial charge on any atom is 0.336 e. The molecule has 140 valence electrons. The fourth-order valence-electron chi connectivity index (χ4n) is 2.49. The molecule has 1 aliphatic rings. The fraction of sp³-hybridized carbons (Fsp3) is 0.278. The molecular formula is C18H18N4O3S2. The highest BCUT2D eigenvalue weighted by Gasteiger charge is 2.33. The molecular weight excluding hydrogens is 384 g/mol. The normalized spacial score (nSPS) is 17.3. The van der Waals surface area contributed by atoms with Gasteiger partial charge in [-0.05, 0) is 42.3 Å². The summed E-state index contributed by atoms with van der Waals surface area (Å²) in [6.45, 7) is 4.51. The first-order valence-electron chi connectivity index (χ1n) is 8.48. The van der Waals surface area contributed by atoms with Crippen LogP contribution in [0.25, 0.3) is 6.08 Å². The molecule has 1 amide bonds. The summed E-state index contributed by atoms with van der Waals surface area (Å²) >= 11 is 2.62. The van der Waals surface area contributed by atoms with Crippen LogP contribution in [0, 0.1) is 0 Å². The standard InChI is InChI=1S/C18H18N4O3S2/c1-3-9-22-15(23)13(10-11-7-5-6-8-12(11)16(24)25)26-18(22)19-17-21-20-14(4-2)27-17/h5-8,10H,3-4,9H2,1-2H3,(H,24,25)/b13-10+,19-18+. The van der Waals surface area contributed by atoms with Gasteiger partial charge in [-0.15, -0.1) is 10.2 Å². The van der Waals surface area contributed by atoms with Gasteiger partial charge in [0.25, 0.3) is 5.91 Å². The number of aromatic carboxylic acids is 1. The summed E-state index contributed by atoms with van der Waals surface area (Å²) in [5, 5.41) is 19.4. The predicted molar refractivity (Wildman–Crippen MR) is 107 cm³/mol. The van der Waals surface area contributed by atoms with Gasteiger partial charge in [0.15, 0.2) is 5.17 Å². The topological polar surface area (TPSA) is 95.8 Å². The number of carboxylic acids is 1. The quantitative estimate of drug-likeness (QED) is 0.738. The number of thioether (sulfide) groups is 1. The van der Waals surface area contributed by atoms with Gasteiger partial charge in [-0.25, -0.2) is 4.79 Å². The fourth-order valence-corrected chi connectivity index (χ4v) is 4.19. The second-order valence-corrected chi connectivity index (χ2v) is 7.74. The zero-order chi connectivity index (χ0) is 19.4. The molecule has 0 bridgehead atoms. The number of amidine groups is 1. The zero-order valence-corrected chi connectivity index (χ0v) is 16.5. The number of hydrogen-bond donors (Lipinski definition) is 1. The van der Waals surface area contributed by atoms with E-state index in [1.165, 1.54) is 29.2 Å². The lowest BCUT2D eigenvalue weighted by Crippen LogP contribution is -2.29. The van der Waals surface area contributed by atoms with Crippen molar-refractivity contribution in [2.45, 2.75) is 26.7 Å². The molecule has 1 aliphatic heterocycles. The number of aryl methyl sites for hydroxylation is 1. The summed E-state index contributed by atoms with van der Waals surface area (Å²) in [4.78, 5) is 30.8. The van der Waals surface area contributed by atoms with Gasteiger partial charge in [0.2, 0.25) is 5.13 Å². The number of amides is 1. The predicted octanol–water partition coefficient (Wildman–Crippen LogP) is 3.81. The van der Waals surface area contributed by atoms with E-state index in [4.69, 9.17) is 0 Å². The van der Waals surface area contributed by atoms with Crippen LogP contribution in [-0.4, -0.2) is 43.8 Å². The van der Waals surface area contributed by atoms with Crippen LogP contribution in [0.2, 0.25) is 0 Å². The van der Waals surface area contributed by atoms with Crippen molar-refractivity contribution in [1.29, 1.82) is 0 Å². The van der Waals surface area contributed by atoms with Crippen molar-refractivity contribution in [2.75, 3.05) is 6.54 Å². The molecule has 0 unspecified atom stereocenters. The Labute approximate surface area is 164 Å². The molecule has 1 N–H and O–H groups in total. The van der Waals surface area contributed by atoms with Crippen LogP contribution in [0.4, 0.5) is 5.13 Å². The minimum absolute atomic E-state index is 0.155. The van der Waals surface area contributed by atoms with Crippen LogP contribution in [0.1, 0.15) is 41.2 Å². The molecule has 0 spiro atoms. The van der Waals surface area contributed by atoms with Gasteiger partial charge in [-0.1, -0.05) is 43.4 Å². The van der Waals surface area contributed by atoms with Crippen molar-refractivity contribution < 1.29 is 14.7 Å². The van der Waals surface area contributed by atoms with E-state index >= 15 is 0 Å². The Bertz CT molecular complexity index is 936. The molecule has 0 aliphatic carbocycles. The number of aliphatic imine (C=N–C) groups is 1. The molecule has 1 aromatic heterocycles. The second-order valence-electron chi connectivity index (χ2n) is 5.69. The number of rotatable bonds is 6. The highest BCUT2D eigenvalue weighted by atomic mass is 32.2. The van der Waals surface area contributed by atoms with Crippen molar-refractivity contribution >= 4 is 51.4 Å². The Morgan fingerprint density at radius 3 is 2.74 bits per heavy atom. The molecule has 1 fully saturated rings. The summed E-state index contributed by atoms with van der Waals surface area (Å²) in [5.41, 5.74) is 0.644. The van der Waals surface area contributed by atoms with Gasteiger partial charge in [0.05, 0.1) is 10.5 Å². The number of carbonyl (C=O) groups is 2. The van der Waals surface area contributed by atoms with Crippen LogP contribution in [0.3, 0.4) is 0 Å². The van der Waals surface area contributed by atoms with E-state index in [9.17, 15) is 14.7 Å². The van der Waals surface area contributed by atoms with Crippen LogP contribution >= 0.6 is 23.1 Å². The van der Waals surface area contributed by atoms with E-state index < -0.39 is 5.97 Å². The molecule has 0 saturated carbocycles. The third-order valence-corrected chi connectivity index (χ3v) is 5.73. The Balaban J connectivity index is 1.97. The van der Waals surface area contributed by atoms with Gasteiger partial charge < -0.3 is 5.11 Å². The van der Waals surface area contributed by atoms with Crippen molar-refractivity contribution in [3.8, 4) is 0 Å². The Hall–Kier alpha value is -2.52. The third-order valence-electron chi connectivity index (χ3n) is 3.76. The highest BCUT2D eigenvalue weighted by Crippen LogP contribution is 2.35. The van der Waals surface area contributed by atoms with Gasteiger partial charge in [-0.2, -0.15) is 4.99 Å². The number of aromatic nitrogens is 2. The van der Waals surface area contributed by atoms with E-state index in [2.05, 4.69) is 15.2 Å². The minimum Gasteiger partial charge on any atom is -0.478 e. The van der Waals surface area contributed by atoms with Crippen molar-refractivity contribution in [3.05, 3.63) is 45.3 Å². The van der Waals surface area contributed by atoms with Crippen molar-refractivity contribution in [1.82, 2.24) is 15.1 Å². The maximum atomic E-state index is 12.8. The molecule has 2 aromatic rings. The molecule has 3 rings (SSSR count). The Morgan fingerprint density at radius 2 is 2.07 bits per heavy atom. The number of hydrogen-bond acceptors (Lipinski definition) is 7. The number of benzene rings is 1. The van der Waals surface area contributed by atoms with E-state index in [1.54, 1.807) is 29.2 Å². The average molecular weight is 403 g/mol. The van der Waals surface area contributed by atoms with E-state index in [-0.39, 0.29) is 11.5 Å². The van der Waals surface area contributed by atoms with E-state index in [1.807, 2.05) is 13.8 Å². The smallest absolute Gasteiger partial charge is 0.336 e. The molecule has 1 aromatic carbocycles. The average Bonchev–Trinajstić information content (AvgIpc) is 3.22. The molecule has 7 nitrogen and oxygen atoms in total. The molecule has 1 saturated heterocycles. The zero-order valence-electron chi connectivity index (χ0n) is 14.9. The lowest BCUT2D eigenvalue weighted by Gasteiger charge is -2.13. The van der Waals surface area contributed by atoms with Crippen LogP contribution in [-0.2, 0) is 11.2 Å². The van der Waals surface area contributed by atoms with Crippen LogP contribution in [0.5, 0.6) is 0 Å². The maximum absolute atomic E-state index is 12.8. The van der Waals surface area contributed by atoms with Crippen molar-refractivity contribution in [2.24, 2.45) is 4.99 Å².